The number of rotatable bonds is 4. The van der Waals surface area contributed by atoms with Crippen molar-refractivity contribution >= 4 is 0 Å². The number of aryl methyl sites for hydroxylation is 1. The van der Waals surface area contributed by atoms with Gasteiger partial charge in [-0.3, -0.25) is 0 Å². The molecule has 0 unspecified atom stereocenters. The summed E-state index contributed by atoms with van der Waals surface area (Å²) in [5, 5.41) is 9.45. The van der Waals surface area contributed by atoms with Gasteiger partial charge in [0.25, 0.3) is 0 Å². The van der Waals surface area contributed by atoms with Crippen molar-refractivity contribution in [2.24, 2.45) is 5.92 Å². The van der Waals surface area contributed by atoms with E-state index in [1.807, 2.05) is 6.20 Å². The molecule has 0 aliphatic heterocycles. The first-order valence-corrected chi connectivity index (χ1v) is 8.05. The average Bonchev–Trinajstić information content (AvgIpc) is 3.04. The molecule has 0 amide bonds. The molecule has 112 valence electrons. The Morgan fingerprint density at radius 1 is 1.29 bits per heavy atom. The first-order chi connectivity index (χ1) is 10.3. The number of hydrogen-bond donors (Lipinski definition) is 1. The molecule has 1 aliphatic rings. The second-order valence-corrected chi connectivity index (χ2v) is 6.04. The molecule has 3 heteroatoms. The zero-order valence-corrected chi connectivity index (χ0v) is 12.7. The predicted octanol–water partition coefficient (Wildman–Crippen LogP) is 3.84. The molecule has 3 nitrogen and oxygen atoms in total. The maximum absolute atomic E-state index is 9.45. The monoisotopic (exact) mass is 284 g/mol. The summed E-state index contributed by atoms with van der Waals surface area (Å²) in [6.45, 7) is 2.50. The Morgan fingerprint density at radius 2 is 2.14 bits per heavy atom. The van der Waals surface area contributed by atoms with Crippen molar-refractivity contribution < 1.29 is 5.11 Å². The average molecular weight is 284 g/mol. The highest BCUT2D eigenvalue weighted by atomic mass is 16.3. The standard InChI is InChI=1S/C18H24N2O/c1-2-15-7-3-4-9-17(15)18-19-10-11-20(18)16-8-5-6-14(12-16)13-21/h3-4,7,9-11,14,16,21H,2,5-6,8,12-13H2,1H3/t14-,16-/m1/s1. The Bertz CT molecular complexity index is 590. The van der Waals surface area contributed by atoms with Gasteiger partial charge in [0.2, 0.25) is 0 Å². The first kappa shape index (κ1) is 14.3. The second kappa shape index (κ2) is 6.44. The second-order valence-electron chi connectivity index (χ2n) is 6.04. The smallest absolute Gasteiger partial charge is 0.140 e. The normalized spacial score (nSPS) is 22.4. The molecule has 1 saturated carbocycles. The van der Waals surface area contributed by atoms with Crippen LogP contribution in [0, 0.1) is 5.92 Å². The number of aliphatic hydroxyl groups is 1. The third kappa shape index (κ3) is 2.88. The molecule has 1 N–H and O–H groups in total. The van der Waals surface area contributed by atoms with Crippen molar-refractivity contribution in [2.75, 3.05) is 6.61 Å². The van der Waals surface area contributed by atoms with Crippen molar-refractivity contribution in [3.05, 3.63) is 42.2 Å². The van der Waals surface area contributed by atoms with Gasteiger partial charge in [-0.1, -0.05) is 37.6 Å². The largest absolute Gasteiger partial charge is 0.396 e. The van der Waals surface area contributed by atoms with Crippen molar-refractivity contribution in [2.45, 2.75) is 45.1 Å². The Labute approximate surface area is 126 Å². The molecule has 2 atom stereocenters. The zero-order chi connectivity index (χ0) is 14.7. The van der Waals surface area contributed by atoms with Gasteiger partial charge in [0.15, 0.2) is 0 Å². The fraction of sp³-hybridized carbons (Fsp3) is 0.500. The Kier molecular flexibility index (Phi) is 4.39. The van der Waals surface area contributed by atoms with Gasteiger partial charge in [-0.15, -0.1) is 0 Å². The number of nitrogens with zero attached hydrogens (tertiary/aromatic N) is 2. The maximum Gasteiger partial charge on any atom is 0.140 e. The van der Waals surface area contributed by atoms with Gasteiger partial charge in [0.05, 0.1) is 0 Å². The molecule has 3 rings (SSSR count). The summed E-state index contributed by atoms with van der Waals surface area (Å²) in [5.74, 6) is 1.52. The van der Waals surface area contributed by atoms with E-state index in [0.717, 1.165) is 25.1 Å². The van der Waals surface area contributed by atoms with Crippen LogP contribution in [0.5, 0.6) is 0 Å². The summed E-state index contributed by atoms with van der Waals surface area (Å²) in [5.41, 5.74) is 2.59. The van der Waals surface area contributed by atoms with Gasteiger partial charge in [-0.05, 0) is 37.2 Å². The number of hydrogen-bond acceptors (Lipinski definition) is 2. The summed E-state index contributed by atoms with van der Waals surface area (Å²) in [6.07, 6.45) is 9.64. The summed E-state index contributed by atoms with van der Waals surface area (Å²) < 4.78 is 2.33. The quantitative estimate of drug-likeness (QED) is 0.926. The molecule has 1 fully saturated rings. The minimum Gasteiger partial charge on any atom is -0.396 e. The maximum atomic E-state index is 9.45. The minimum atomic E-state index is 0.312. The SMILES string of the molecule is CCc1ccccc1-c1nccn1[C@@H]1CCC[C@@H](CO)C1. The first-order valence-electron chi connectivity index (χ1n) is 8.05. The van der Waals surface area contributed by atoms with Crippen LogP contribution in [0.1, 0.15) is 44.2 Å². The molecule has 0 saturated heterocycles. The molecular formula is C18H24N2O. The topological polar surface area (TPSA) is 38.0 Å². The zero-order valence-electron chi connectivity index (χ0n) is 12.7. The van der Waals surface area contributed by atoms with Crippen LogP contribution in [0.4, 0.5) is 0 Å². The van der Waals surface area contributed by atoms with Crippen molar-refractivity contribution in [3.63, 3.8) is 0 Å². The van der Waals surface area contributed by atoms with Gasteiger partial charge >= 0.3 is 0 Å². The highest BCUT2D eigenvalue weighted by Crippen LogP contribution is 2.35. The fourth-order valence-corrected chi connectivity index (χ4v) is 3.54. The highest BCUT2D eigenvalue weighted by Gasteiger charge is 2.24. The van der Waals surface area contributed by atoms with Crippen LogP contribution in [0.3, 0.4) is 0 Å². The highest BCUT2D eigenvalue weighted by molar-refractivity contribution is 5.60. The van der Waals surface area contributed by atoms with Crippen molar-refractivity contribution in [1.82, 2.24) is 9.55 Å². The van der Waals surface area contributed by atoms with Crippen LogP contribution in [0.25, 0.3) is 11.4 Å². The lowest BCUT2D eigenvalue weighted by atomic mass is 9.86. The number of aliphatic hydroxyl groups excluding tert-OH is 1. The van der Waals surface area contributed by atoms with Gasteiger partial charge in [-0.25, -0.2) is 4.98 Å². The predicted molar refractivity (Wildman–Crippen MR) is 85.1 cm³/mol. The molecule has 0 spiro atoms. The number of benzene rings is 1. The molecule has 0 bridgehead atoms. The minimum absolute atomic E-state index is 0.312. The van der Waals surface area contributed by atoms with Crippen LogP contribution in [0.2, 0.25) is 0 Å². The molecule has 1 aromatic heterocycles. The van der Waals surface area contributed by atoms with Crippen LogP contribution in [-0.2, 0) is 6.42 Å². The van der Waals surface area contributed by atoms with Crippen LogP contribution in [-0.4, -0.2) is 21.3 Å². The van der Waals surface area contributed by atoms with E-state index in [1.165, 1.54) is 24.0 Å². The van der Waals surface area contributed by atoms with Crippen LogP contribution >= 0.6 is 0 Å². The summed E-state index contributed by atoms with van der Waals surface area (Å²) in [6, 6.07) is 9.01. The molecule has 2 aromatic rings. The molecule has 1 aromatic carbocycles. The summed E-state index contributed by atoms with van der Waals surface area (Å²) in [7, 11) is 0. The third-order valence-electron chi connectivity index (χ3n) is 4.71. The van der Waals surface area contributed by atoms with Crippen molar-refractivity contribution in [1.29, 1.82) is 0 Å². The van der Waals surface area contributed by atoms with E-state index >= 15 is 0 Å². The summed E-state index contributed by atoms with van der Waals surface area (Å²) >= 11 is 0. The van der Waals surface area contributed by atoms with E-state index in [9.17, 15) is 5.11 Å². The van der Waals surface area contributed by atoms with E-state index in [4.69, 9.17) is 0 Å². The lowest BCUT2D eigenvalue weighted by Gasteiger charge is -2.30. The van der Waals surface area contributed by atoms with E-state index < -0.39 is 0 Å². The van der Waals surface area contributed by atoms with Crippen LogP contribution < -0.4 is 0 Å². The summed E-state index contributed by atoms with van der Waals surface area (Å²) in [4.78, 5) is 4.62. The Morgan fingerprint density at radius 3 is 2.95 bits per heavy atom. The Hall–Kier alpha value is -1.61. The van der Waals surface area contributed by atoms with Gasteiger partial charge in [-0.2, -0.15) is 0 Å². The van der Waals surface area contributed by atoms with Crippen LogP contribution in [0.15, 0.2) is 36.7 Å². The fourth-order valence-electron chi connectivity index (χ4n) is 3.54. The number of imidazole rings is 1. The molecular weight excluding hydrogens is 260 g/mol. The lowest BCUT2D eigenvalue weighted by Crippen LogP contribution is -2.21. The lowest BCUT2D eigenvalue weighted by molar-refractivity contribution is 0.163. The molecule has 0 radical (unpaired) electrons. The van der Waals surface area contributed by atoms with Gasteiger partial charge < -0.3 is 9.67 Å². The van der Waals surface area contributed by atoms with Crippen molar-refractivity contribution in [3.8, 4) is 11.4 Å². The van der Waals surface area contributed by atoms with E-state index in [0.29, 0.717) is 18.6 Å². The van der Waals surface area contributed by atoms with E-state index in [2.05, 4.69) is 46.9 Å². The Balaban J connectivity index is 1.93. The number of aromatic nitrogens is 2. The molecule has 1 heterocycles. The van der Waals surface area contributed by atoms with Gasteiger partial charge in [0.1, 0.15) is 5.82 Å². The third-order valence-corrected chi connectivity index (χ3v) is 4.71. The van der Waals surface area contributed by atoms with E-state index in [1.54, 1.807) is 0 Å². The molecule has 21 heavy (non-hydrogen) atoms. The van der Waals surface area contributed by atoms with E-state index in [-0.39, 0.29) is 0 Å². The molecule has 1 aliphatic carbocycles. The van der Waals surface area contributed by atoms with Gasteiger partial charge in [0, 0.05) is 30.6 Å².